The zero-order chi connectivity index (χ0) is 11.3. The molecule has 0 saturated heterocycles. The number of carbonyl (C=O) groups excluding carboxylic acids is 1. The molecule has 0 amide bonds. The van der Waals surface area contributed by atoms with Gasteiger partial charge in [-0.25, -0.2) is 0 Å². The zero-order valence-electron chi connectivity index (χ0n) is 9.73. The van der Waals surface area contributed by atoms with Crippen molar-refractivity contribution in [3.05, 3.63) is 35.9 Å². The lowest BCUT2D eigenvalue weighted by Crippen LogP contribution is -2.36. The first kappa shape index (κ1) is 11.9. The van der Waals surface area contributed by atoms with Gasteiger partial charge in [0, 0.05) is 5.56 Å². The highest BCUT2D eigenvalue weighted by Gasteiger charge is 2.18. The lowest BCUT2D eigenvalue weighted by Gasteiger charge is -2.22. The lowest BCUT2D eigenvalue weighted by molar-refractivity contribution is 0.0869. The first-order valence-electron chi connectivity index (χ1n) is 5.46. The number of hydrogen-bond acceptors (Lipinski definition) is 2. The maximum Gasteiger partial charge on any atom is 0.179 e. The van der Waals surface area contributed by atoms with Crippen molar-refractivity contribution in [3.63, 3.8) is 0 Å². The molecule has 1 rings (SSSR count). The molecule has 1 atom stereocenters. The Bertz CT molecular complexity index is 308. The van der Waals surface area contributed by atoms with Crippen molar-refractivity contribution in [2.45, 2.75) is 26.3 Å². The van der Waals surface area contributed by atoms with Crippen molar-refractivity contribution in [2.24, 2.45) is 0 Å². The molecule has 0 aromatic heterocycles. The van der Waals surface area contributed by atoms with Crippen LogP contribution in [0.25, 0.3) is 0 Å². The van der Waals surface area contributed by atoms with Crippen molar-refractivity contribution >= 4 is 5.78 Å². The van der Waals surface area contributed by atoms with Crippen molar-refractivity contribution in [1.29, 1.82) is 0 Å². The molecular weight excluding hydrogens is 186 g/mol. The molecule has 2 heteroatoms. The minimum absolute atomic E-state index is 0.0349. The number of Topliss-reactive ketones (excluding diaryl/α,β-unsaturated/α-hetero) is 1. The highest BCUT2D eigenvalue weighted by Crippen LogP contribution is 2.07. The fourth-order valence-electron chi connectivity index (χ4n) is 1.59. The second-order valence-electron chi connectivity index (χ2n) is 3.89. The highest BCUT2D eigenvalue weighted by molar-refractivity contribution is 5.99. The van der Waals surface area contributed by atoms with Gasteiger partial charge in [0.25, 0.3) is 0 Å². The van der Waals surface area contributed by atoms with E-state index in [2.05, 4.69) is 11.8 Å². The van der Waals surface area contributed by atoms with E-state index in [-0.39, 0.29) is 11.8 Å². The number of ketones is 1. The van der Waals surface area contributed by atoms with Crippen LogP contribution >= 0.6 is 0 Å². The third-order valence-corrected chi connectivity index (χ3v) is 2.68. The Morgan fingerprint density at radius 3 is 2.47 bits per heavy atom. The van der Waals surface area contributed by atoms with Crippen molar-refractivity contribution < 1.29 is 4.79 Å². The van der Waals surface area contributed by atoms with Crippen LogP contribution in [0.5, 0.6) is 0 Å². The minimum Gasteiger partial charge on any atom is -0.297 e. The summed E-state index contributed by atoms with van der Waals surface area (Å²) in [5.41, 5.74) is 0.799. The van der Waals surface area contributed by atoms with Gasteiger partial charge >= 0.3 is 0 Å². The average Bonchev–Trinajstić information content (AvgIpc) is 2.28. The Morgan fingerprint density at radius 2 is 1.93 bits per heavy atom. The second-order valence-corrected chi connectivity index (χ2v) is 3.89. The predicted molar refractivity (Wildman–Crippen MR) is 63.2 cm³/mol. The Balaban J connectivity index is 2.69. The molecule has 0 spiro atoms. The number of likely N-dealkylation sites (N-methyl/N-ethyl adjacent to an activating group) is 1. The first-order valence-corrected chi connectivity index (χ1v) is 5.46. The molecule has 0 aliphatic carbocycles. The number of hydrogen-bond donors (Lipinski definition) is 0. The molecule has 82 valence electrons. The average molecular weight is 205 g/mol. The van der Waals surface area contributed by atoms with Gasteiger partial charge in [-0.05, 0) is 26.9 Å². The molecule has 0 fully saturated rings. The molecule has 0 N–H and O–H groups in total. The van der Waals surface area contributed by atoms with Crippen LogP contribution in [-0.2, 0) is 0 Å². The van der Waals surface area contributed by atoms with Crippen LogP contribution < -0.4 is 0 Å². The molecule has 0 aliphatic rings. The van der Waals surface area contributed by atoms with Crippen LogP contribution in [0.2, 0.25) is 0 Å². The van der Waals surface area contributed by atoms with Crippen LogP contribution in [0, 0.1) is 0 Å². The third-order valence-electron chi connectivity index (χ3n) is 2.68. The second kappa shape index (κ2) is 5.66. The molecule has 0 heterocycles. The summed E-state index contributed by atoms with van der Waals surface area (Å²) in [5.74, 6) is 0.201. The maximum atomic E-state index is 12.0. The Labute approximate surface area is 91.9 Å². The van der Waals surface area contributed by atoms with Crippen molar-refractivity contribution in [1.82, 2.24) is 4.90 Å². The van der Waals surface area contributed by atoms with Gasteiger partial charge in [0.2, 0.25) is 0 Å². The smallest absolute Gasteiger partial charge is 0.179 e. The van der Waals surface area contributed by atoms with Gasteiger partial charge in [-0.3, -0.25) is 9.69 Å². The molecule has 15 heavy (non-hydrogen) atoms. The molecule has 0 bridgehead atoms. The summed E-state index contributed by atoms with van der Waals surface area (Å²) in [5, 5.41) is 0. The van der Waals surface area contributed by atoms with Crippen LogP contribution in [0.15, 0.2) is 30.3 Å². The van der Waals surface area contributed by atoms with E-state index < -0.39 is 0 Å². The number of rotatable bonds is 5. The van der Waals surface area contributed by atoms with E-state index in [9.17, 15) is 4.79 Å². The topological polar surface area (TPSA) is 20.3 Å². The fraction of sp³-hybridized carbons (Fsp3) is 0.462. The van der Waals surface area contributed by atoms with E-state index >= 15 is 0 Å². The van der Waals surface area contributed by atoms with Crippen LogP contribution in [0.1, 0.15) is 30.6 Å². The summed E-state index contributed by atoms with van der Waals surface area (Å²) < 4.78 is 0. The van der Waals surface area contributed by atoms with Gasteiger partial charge in [0.15, 0.2) is 5.78 Å². The molecular formula is C13H19NO. The number of carbonyl (C=O) groups is 1. The molecule has 0 radical (unpaired) electrons. The largest absolute Gasteiger partial charge is 0.297 e. The molecule has 1 aromatic rings. The molecule has 1 unspecified atom stereocenters. The Hall–Kier alpha value is -1.15. The third kappa shape index (κ3) is 3.17. The zero-order valence-corrected chi connectivity index (χ0v) is 9.73. The number of nitrogens with zero attached hydrogens (tertiary/aromatic N) is 1. The van der Waals surface area contributed by atoms with Crippen LogP contribution in [0.4, 0.5) is 0 Å². The van der Waals surface area contributed by atoms with Gasteiger partial charge < -0.3 is 0 Å². The van der Waals surface area contributed by atoms with E-state index in [1.165, 1.54) is 0 Å². The van der Waals surface area contributed by atoms with Gasteiger partial charge in [-0.2, -0.15) is 0 Å². The van der Waals surface area contributed by atoms with Crippen molar-refractivity contribution in [3.8, 4) is 0 Å². The van der Waals surface area contributed by atoms with E-state index in [4.69, 9.17) is 0 Å². The highest BCUT2D eigenvalue weighted by atomic mass is 16.1. The molecule has 1 aromatic carbocycles. The summed E-state index contributed by atoms with van der Waals surface area (Å²) in [7, 11) is 2.00. The lowest BCUT2D eigenvalue weighted by atomic mass is 10.0. The van der Waals surface area contributed by atoms with Gasteiger partial charge in [-0.15, -0.1) is 0 Å². The standard InChI is InChI=1S/C13H19NO/c1-4-10-14(3)11(2)13(15)12-8-6-5-7-9-12/h5-9,11H,4,10H2,1-3H3. The Morgan fingerprint density at radius 1 is 1.33 bits per heavy atom. The maximum absolute atomic E-state index is 12.0. The Kier molecular flexibility index (Phi) is 4.50. The fourth-order valence-corrected chi connectivity index (χ4v) is 1.59. The van der Waals surface area contributed by atoms with E-state index in [0.717, 1.165) is 18.5 Å². The van der Waals surface area contributed by atoms with E-state index in [0.29, 0.717) is 0 Å². The summed E-state index contributed by atoms with van der Waals surface area (Å²) >= 11 is 0. The van der Waals surface area contributed by atoms with Gasteiger partial charge in [0.1, 0.15) is 0 Å². The quantitative estimate of drug-likeness (QED) is 0.689. The van der Waals surface area contributed by atoms with Gasteiger partial charge in [0.05, 0.1) is 6.04 Å². The van der Waals surface area contributed by atoms with E-state index in [1.807, 2.05) is 44.3 Å². The number of benzene rings is 1. The molecule has 0 aliphatic heterocycles. The summed E-state index contributed by atoms with van der Waals surface area (Å²) in [4.78, 5) is 14.1. The molecule has 2 nitrogen and oxygen atoms in total. The summed E-state index contributed by atoms with van der Waals surface area (Å²) in [6.45, 7) is 5.04. The van der Waals surface area contributed by atoms with Crippen LogP contribution in [0.3, 0.4) is 0 Å². The minimum atomic E-state index is -0.0349. The normalized spacial score (nSPS) is 12.8. The monoisotopic (exact) mass is 205 g/mol. The summed E-state index contributed by atoms with van der Waals surface area (Å²) in [6, 6.07) is 9.45. The SMILES string of the molecule is CCCN(C)C(C)C(=O)c1ccccc1. The first-order chi connectivity index (χ1) is 7.16. The van der Waals surface area contributed by atoms with E-state index in [1.54, 1.807) is 0 Å². The van der Waals surface area contributed by atoms with Crippen molar-refractivity contribution in [2.75, 3.05) is 13.6 Å². The molecule has 0 saturated carbocycles. The van der Waals surface area contributed by atoms with Gasteiger partial charge in [-0.1, -0.05) is 37.3 Å². The summed E-state index contributed by atoms with van der Waals surface area (Å²) in [6.07, 6.45) is 1.07. The predicted octanol–water partition coefficient (Wildman–Crippen LogP) is 2.60. The van der Waals surface area contributed by atoms with Crippen LogP contribution in [-0.4, -0.2) is 30.3 Å².